The number of halogens is 1. The standard InChI is InChI=1S/C18H15FN2O2/c1-12-5-6-16-15(9-12)17(22)7-8-21(16)11-18(23)20-14-4-2-3-13(19)10-14/h2-10H,11H2,1H3,(H,20,23). The Labute approximate surface area is 132 Å². The maximum absolute atomic E-state index is 13.1. The Morgan fingerprint density at radius 3 is 2.78 bits per heavy atom. The summed E-state index contributed by atoms with van der Waals surface area (Å²) in [6.45, 7) is 1.95. The molecule has 0 atom stereocenters. The summed E-state index contributed by atoms with van der Waals surface area (Å²) in [5.74, 6) is -0.701. The SMILES string of the molecule is Cc1ccc2c(c1)c(=O)ccn2CC(=O)Nc1cccc(F)c1. The molecule has 4 nitrogen and oxygen atoms in total. The molecule has 1 aromatic heterocycles. The van der Waals surface area contributed by atoms with Crippen LogP contribution in [0.3, 0.4) is 0 Å². The number of pyridine rings is 1. The van der Waals surface area contributed by atoms with Gasteiger partial charge in [0.15, 0.2) is 5.43 Å². The molecule has 23 heavy (non-hydrogen) atoms. The van der Waals surface area contributed by atoms with E-state index in [4.69, 9.17) is 0 Å². The molecule has 116 valence electrons. The quantitative estimate of drug-likeness (QED) is 0.808. The molecule has 5 heteroatoms. The van der Waals surface area contributed by atoms with E-state index in [9.17, 15) is 14.0 Å². The molecule has 0 saturated carbocycles. The van der Waals surface area contributed by atoms with E-state index in [1.807, 2.05) is 19.1 Å². The Hall–Kier alpha value is -2.95. The van der Waals surface area contributed by atoms with Gasteiger partial charge in [0, 0.05) is 23.3 Å². The van der Waals surface area contributed by atoms with Gasteiger partial charge in [-0.3, -0.25) is 9.59 Å². The van der Waals surface area contributed by atoms with Crippen molar-refractivity contribution in [1.82, 2.24) is 4.57 Å². The average molecular weight is 310 g/mol. The largest absolute Gasteiger partial charge is 0.338 e. The van der Waals surface area contributed by atoms with Crippen LogP contribution in [0.25, 0.3) is 10.9 Å². The summed E-state index contributed by atoms with van der Waals surface area (Å²) in [6, 6.07) is 12.7. The number of anilines is 1. The first-order valence-corrected chi connectivity index (χ1v) is 7.18. The van der Waals surface area contributed by atoms with Crippen molar-refractivity contribution in [2.45, 2.75) is 13.5 Å². The lowest BCUT2D eigenvalue weighted by Gasteiger charge is -2.11. The van der Waals surface area contributed by atoms with Gasteiger partial charge in [0.1, 0.15) is 12.4 Å². The molecule has 1 heterocycles. The first-order chi connectivity index (χ1) is 11.0. The molecule has 0 bridgehead atoms. The smallest absolute Gasteiger partial charge is 0.244 e. The van der Waals surface area contributed by atoms with Crippen molar-refractivity contribution >= 4 is 22.5 Å². The Balaban J connectivity index is 1.88. The molecule has 0 fully saturated rings. The first-order valence-electron chi connectivity index (χ1n) is 7.18. The second-order valence-corrected chi connectivity index (χ2v) is 5.39. The van der Waals surface area contributed by atoms with Crippen molar-refractivity contribution < 1.29 is 9.18 Å². The first kappa shape index (κ1) is 15.0. The molecule has 0 spiro atoms. The summed E-state index contributed by atoms with van der Waals surface area (Å²) in [6.07, 6.45) is 1.59. The van der Waals surface area contributed by atoms with Gasteiger partial charge in [-0.05, 0) is 37.3 Å². The Kier molecular flexibility index (Phi) is 3.93. The van der Waals surface area contributed by atoms with E-state index in [0.717, 1.165) is 5.56 Å². The monoisotopic (exact) mass is 310 g/mol. The second kappa shape index (κ2) is 6.04. The molecule has 0 radical (unpaired) electrons. The van der Waals surface area contributed by atoms with Gasteiger partial charge in [-0.2, -0.15) is 0 Å². The number of carbonyl (C=O) groups excluding carboxylic acids is 1. The predicted molar refractivity (Wildman–Crippen MR) is 88.0 cm³/mol. The third-order valence-electron chi connectivity index (χ3n) is 3.56. The minimum atomic E-state index is -0.410. The predicted octanol–water partition coefficient (Wildman–Crippen LogP) is 3.09. The number of rotatable bonds is 3. The number of benzene rings is 2. The fourth-order valence-electron chi connectivity index (χ4n) is 2.48. The van der Waals surface area contributed by atoms with E-state index in [1.165, 1.54) is 24.3 Å². The lowest BCUT2D eigenvalue weighted by Crippen LogP contribution is -2.20. The number of hydrogen-bond donors (Lipinski definition) is 1. The molecular formula is C18H15FN2O2. The van der Waals surface area contributed by atoms with Gasteiger partial charge in [0.2, 0.25) is 5.91 Å². The van der Waals surface area contributed by atoms with E-state index >= 15 is 0 Å². The molecule has 0 aliphatic carbocycles. The number of carbonyl (C=O) groups is 1. The maximum Gasteiger partial charge on any atom is 0.244 e. The summed E-state index contributed by atoms with van der Waals surface area (Å²) >= 11 is 0. The summed E-state index contributed by atoms with van der Waals surface area (Å²) < 4.78 is 14.8. The highest BCUT2D eigenvalue weighted by atomic mass is 19.1. The zero-order valence-corrected chi connectivity index (χ0v) is 12.5. The number of hydrogen-bond acceptors (Lipinski definition) is 2. The van der Waals surface area contributed by atoms with Crippen LogP contribution in [0.2, 0.25) is 0 Å². The lowest BCUT2D eigenvalue weighted by molar-refractivity contribution is -0.116. The number of fused-ring (bicyclic) bond motifs is 1. The van der Waals surface area contributed by atoms with Crippen molar-refractivity contribution in [3.63, 3.8) is 0 Å². The van der Waals surface area contributed by atoms with Crippen LogP contribution < -0.4 is 10.7 Å². The highest BCUT2D eigenvalue weighted by molar-refractivity contribution is 5.91. The average Bonchev–Trinajstić information content (AvgIpc) is 2.50. The molecule has 0 unspecified atom stereocenters. The molecule has 3 rings (SSSR count). The van der Waals surface area contributed by atoms with Gasteiger partial charge in [0.25, 0.3) is 0 Å². The Bertz CT molecular complexity index is 947. The minimum Gasteiger partial charge on any atom is -0.338 e. The molecule has 0 aliphatic heterocycles. The van der Waals surface area contributed by atoms with Gasteiger partial charge in [-0.15, -0.1) is 0 Å². The Morgan fingerprint density at radius 2 is 2.00 bits per heavy atom. The molecular weight excluding hydrogens is 295 g/mol. The van der Waals surface area contributed by atoms with E-state index in [2.05, 4.69) is 5.32 Å². The number of nitrogens with zero attached hydrogens (tertiary/aromatic N) is 1. The van der Waals surface area contributed by atoms with Gasteiger partial charge in [0.05, 0.1) is 5.52 Å². The van der Waals surface area contributed by atoms with Gasteiger partial charge in [-0.25, -0.2) is 4.39 Å². The number of nitrogens with one attached hydrogen (secondary N) is 1. The molecule has 3 aromatic rings. The molecule has 1 N–H and O–H groups in total. The zero-order chi connectivity index (χ0) is 16.4. The maximum atomic E-state index is 13.1. The van der Waals surface area contributed by atoms with Crippen molar-refractivity contribution in [1.29, 1.82) is 0 Å². The van der Waals surface area contributed by atoms with E-state index < -0.39 is 5.82 Å². The van der Waals surface area contributed by atoms with Crippen LogP contribution in [-0.2, 0) is 11.3 Å². The third kappa shape index (κ3) is 3.29. The molecule has 1 amide bonds. The van der Waals surface area contributed by atoms with Gasteiger partial charge < -0.3 is 9.88 Å². The summed E-state index contributed by atoms with van der Waals surface area (Å²) in [4.78, 5) is 24.1. The van der Waals surface area contributed by atoms with Gasteiger partial charge in [-0.1, -0.05) is 17.7 Å². The van der Waals surface area contributed by atoms with Crippen molar-refractivity contribution in [3.8, 4) is 0 Å². The van der Waals surface area contributed by atoms with Crippen LogP contribution in [-0.4, -0.2) is 10.5 Å². The summed E-state index contributed by atoms with van der Waals surface area (Å²) in [5, 5.41) is 3.22. The number of amides is 1. The molecule has 0 saturated heterocycles. The highest BCUT2D eigenvalue weighted by Crippen LogP contribution is 2.13. The van der Waals surface area contributed by atoms with Crippen LogP contribution in [0.1, 0.15) is 5.56 Å². The number of aryl methyl sites for hydroxylation is 1. The molecule has 0 aliphatic rings. The Morgan fingerprint density at radius 1 is 1.17 bits per heavy atom. The van der Waals surface area contributed by atoms with Crippen molar-refractivity contribution in [2.75, 3.05) is 5.32 Å². The van der Waals surface area contributed by atoms with Crippen LogP contribution in [0.5, 0.6) is 0 Å². The van der Waals surface area contributed by atoms with E-state index in [1.54, 1.807) is 22.9 Å². The van der Waals surface area contributed by atoms with Crippen molar-refractivity contribution in [2.24, 2.45) is 0 Å². The van der Waals surface area contributed by atoms with Gasteiger partial charge >= 0.3 is 0 Å². The fourth-order valence-corrected chi connectivity index (χ4v) is 2.48. The molecule has 2 aromatic carbocycles. The number of aromatic nitrogens is 1. The van der Waals surface area contributed by atoms with Crippen LogP contribution in [0.4, 0.5) is 10.1 Å². The minimum absolute atomic E-state index is 0.0380. The van der Waals surface area contributed by atoms with E-state index in [0.29, 0.717) is 16.6 Å². The van der Waals surface area contributed by atoms with Crippen LogP contribution in [0.15, 0.2) is 59.5 Å². The zero-order valence-electron chi connectivity index (χ0n) is 12.5. The van der Waals surface area contributed by atoms with Crippen LogP contribution >= 0.6 is 0 Å². The normalized spacial score (nSPS) is 10.7. The lowest BCUT2D eigenvalue weighted by atomic mass is 10.1. The fraction of sp³-hybridized carbons (Fsp3) is 0.111. The van der Waals surface area contributed by atoms with Crippen molar-refractivity contribution in [3.05, 3.63) is 76.3 Å². The summed E-state index contributed by atoms with van der Waals surface area (Å²) in [7, 11) is 0. The summed E-state index contributed by atoms with van der Waals surface area (Å²) in [5.41, 5.74) is 2.00. The van der Waals surface area contributed by atoms with Crippen LogP contribution in [0, 0.1) is 12.7 Å². The highest BCUT2D eigenvalue weighted by Gasteiger charge is 2.08. The third-order valence-corrected chi connectivity index (χ3v) is 3.56. The van der Waals surface area contributed by atoms with E-state index in [-0.39, 0.29) is 17.9 Å². The second-order valence-electron chi connectivity index (χ2n) is 5.39. The topological polar surface area (TPSA) is 51.1 Å².